The van der Waals surface area contributed by atoms with Crippen LogP contribution in [0.25, 0.3) is 27.5 Å². The number of para-hydroxylation sites is 4. The molecule has 0 saturated carbocycles. The molecule has 0 radical (unpaired) electrons. The summed E-state index contributed by atoms with van der Waals surface area (Å²) in [5, 5.41) is 2.02. The molecule has 2 aromatic heterocycles. The zero-order chi connectivity index (χ0) is 33.5. The first-order valence-corrected chi connectivity index (χ1v) is 16.1. The van der Waals surface area contributed by atoms with E-state index in [1.165, 1.54) is 0 Å². The third-order valence-electron chi connectivity index (χ3n) is 7.93. The average molecular weight is 635 g/mol. The second-order valence-corrected chi connectivity index (χ2v) is 13.9. The average Bonchev–Trinajstić information content (AvgIpc) is 3.38. The van der Waals surface area contributed by atoms with E-state index in [4.69, 9.17) is 29.2 Å². The van der Waals surface area contributed by atoms with Gasteiger partial charge in [-0.25, -0.2) is 4.98 Å². The van der Waals surface area contributed by atoms with Crippen molar-refractivity contribution in [3.63, 3.8) is 0 Å². The molecule has 48 heavy (non-hydrogen) atoms. The van der Waals surface area contributed by atoms with Crippen molar-refractivity contribution in [1.29, 1.82) is 0 Å². The fourth-order valence-electron chi connectivity index (χ4n) is 5.52. The maximum absolute atomic E-state index is 6.58. The van der Waals surface area contributed by atoms with Crippen LogP contribution >= 0.6 is 0 Å². The molecule has 0 aliphatic rings. The van der Waals surface area contributed by atoms with Crippen molar-refractivity contribution >= 4 is 21.8 Å². The molecular weight excluding hydrogens is 596 g/mol. The van der Waals surface area contributed by atoms with Gasteiger partial charge in [0, 0.05) is 21.6 Å². The molecule has 2 heterocycles. The van der Waals surface area contributed by atoms with Crippen LogP contribution in [0.1, 0.15) is 53.2 Å². The van der Waals surface area contributed by atoms with Gasteiger partial charge in [0.25, 0.3) is 0 Å². The molecule has 0 fully saturated rings. The Morgan fingerprint density at radius 2 is 0.917 bits per heavy atom. The Morgan fingerprint density at radius 1 is 0.458 bits per heavy atom. The van der Waals surface area contributed by atoms with Gasteiger partial charge in [-0.05, 0) is 72.8 Å². The summed E-state index contributed by atoms with van der Waals surface area (Å²) in [6.07, 6.45) is 0. The molecule has 0 aliphatic heterocycles. The lowest BCUT2D eigenvalue weighted by atomic mass is 9.93. The van der Waals surface area contributed by atoms with Crippen LogP contribution in [0.5, 0.6) is 34.8 Å². The van der Waals surface area contributed by atoms with Crippen LogP contribution in [0.15, 0.2) is 121 Å². The monoisotopic (exact) mass is 634 g/mol. The Bertz CT molecular complexity index is 2100. The van der Waals surface area contributed by atoms with Crippen molar-refractivity contribution in [3.8, 4) is 40.4 Å². The van der Waals surface area contributed by atoms with Gasteiger partial charge in [0.15, 0.2) is 5.75 Å². The summed E-state index contributed by atoms with van der Waals surface area (Å²) in [6.45, 7) is 12.6. The van der Waals surface area contributed by atoms with E-state index in [1.54, 1.807) is 0 Å². The van der Waals surface area contributed by atoms with E-state index in [2.05, 4.69) is 70.4 Å². The maximum atomic E-state index is 6.58. The summed E-state index contributed by atoms with van der Waals surface area (Å²) in [7, 11) is 0. The Balaban J connectivity index is 1.38. The number of fused-ring (bicyclic) bond motifs is 3. The first-order valence-electron chi connectivity index (χ1n) is 16.1. The Hall–Kier alpha value is -5.69. The summed E-state index contributed by atoms with van der Waals surface area (Å²) in [5.41, 5.74) is 2.25. The van der Waals surface area contributed by atoms with Crippen molar-refractivity contribution in [2.75, 3.05) is 0 Å². The minimum atomic E-state index is -0.285. The van der Waals surface area contributed by atoms with E-state index < -0.39 is 0 Å². The van der Waals surface area contributed by atoms with E-state index in [9.17, 15) is 0 Å². The highest BCUT2D eigenvalue weighted by Crippen LogP contribution is 2.40. The zero-order valence-corrected chi connectivity index (χ0v) is 28.1. The largest absolute Gasteiger partial charge is 0.457 e. The highest BCUT2D eigenvalue weighted by Gasteiger charge is 2.26. The topological polar surface area (TPSA) is 71.3 Å². The van der Waals surface area contributed by atoms with E-state index >= 15 is 0 Å². The molecular formula is C41H38N4O3. The van der Waals surface area contributed by atoms with Gasteiger partial charge in [0.05, 0.1) is 16.7 Å². The lowest BCUT2D eigenvalue weighted by molar-refractivity contribution is 0.405. The number of nitrogens with zero attached hydrogens (tertiary/aromatic N) is 4. The smallest absolute Gasteiger partial charge is 0.325 e. The van der Waals surface area contributed by atoms with Gasteiger partial charge < -0.3 is 18.8 Å². The number of hydrogen-bond donors (Lipinski definition) is 0. The second-order valence-electron chi connectivity index (χ2n) is 13.9. The number of hydrogen-bond acceptors (Lipinski definition) is 6. The summed E-state index contributed by atoms with van der Waals surface area (Å²) < 4.78 is 21.3. The third-order valence-corrected chi connectivity index (χ3v) is 7.93. The molecule has 7 nitrogen and oxygen atoms in total. The van der Waals surface area contributed by atoms with Crippen LogP contribution < -0.4 is 14.2 Å². The normalized spacial score (nSPS) is 12.0. The molecule has 0 bridgehead atoms. The molecule has 5 aromatic carbocycles. The zero-order valence-electron chi connectivity index (χ0n) is 28.1. The summed E-state index contributed by atoms with van der Waals surface area (Å²) in [6, 6.07) is 40.1. The van der Waals surface area contributed by atoms with Crippen molar-refractivity contribution in [2.45, 2.75) is 52.4 Å². The fraction of sp³-hybridized carbons (Fsp3) is 0.195. The van der Waals surface area contributed by atoms with Gasteiger partial charge in [0.1, 0.15) is 34.6 Å². The van der Waals surface area contributed by atoms with Crippen molar-refractivity contribution in [1.82, 2.24) is 19.5 Å². The highest BCUT2D eigenvalue weighted by molar-refractivity contribution is 6.10. The van der Waals surface area contributed by atoms with Gasteiger partial charge in [-0.2, -0.15) is 9.97 Å². The predicted octanol–water partition coefficient (Wildman–Crippen LogP) is 10.9. The molecule has 7 aromatic rings. The van der Waals surface area contributed by atoms with Crippen LogP contribution in [0.4, 0.5) is 0 Å². The molecule has 0 aliphatic carbocycles. The molecule has 0 atom stereocenters. The van der Waals surface area contributed by atoms with Crippen LogP contribution in [0.2, 0.25) is 0 Å². The van der Waals surface area contributed by atoms with E-state index in [0.29, 0.717) is 17.4 Å². The van der Waals surface area contributed by atoms with Gasteiger partial charge >= 0.3 is 6.01 Å². The third kappa shape index (κ3) is 6.32. The second kappa shape index (κ2) is 12.2. The molecule has 0 saturated heterocycles. The fourth-order valence-corrected chi connectivity index (χ4v) is 5.52. The lowest BCUT2D eigenvalue weighted by Crippen LogP contribution is -2.23. The lowest BCUT2D eigenvalue weighted by Gasteiger charge is -2.22. The first kappa shape index (κ1) is 30.9. The summed E-state index contributed by atoms with van der Waals surface area (Å²) in [4.78, 5) is 14.4. The molecule has 7 rings (SSSR count). The minimum Gasteiger partial charge on any atom is -0.457 e. The summed E-state index contributed by atoms with van der Waals surface area (Å²) in [5.74, 6) is 5.01. The van der Waals surface area contributed by atoms with Gasteiger partial charge in [-0.15, -0.1) is 0 Å². The van der Waals surface area contributed by atoms with Crippen LogP contribution in [-0.2, 0) is 10.8 Å². The number of benzene rings is 5. The molecule has 0 N–H and O–H groups in total. The number of ether oxygens (including phenoxy) is 3. The molecule has 240 valence electrons. The highest BCUT2D eigenvalue weighted by atomic mass is 16.5. The van der Waals surface area contributed by atoms with Gasteiger partial charge in [0.2, 0.25) is 0 Å². The van der Waals surface area contributed by atoms with Crippen LogP contribution in [0, 0.1) is 0 Å². The Kier molecular flexibility index (Phi) is 7.83. The molecule has 7 heteroatoms. The van der Waals surface area contributed by atoms with Gasteiger partial charge in [-0.3, -0.25) is 0 Å². The van der Waals surface area contributed by atoms with Crippen molar-refractivity contribution in [3.05, 3.63) is 133 Å². The maximum Gasteiger partial charge on any atom is 0.325 e. The first-order chi connectivity index (χ1) is 23.0. The molecule has 0 amide bonds. The predicted molar refractivity (Wildman–Crippen MR) is 191 cm³/mol. The molecule has 0 unspecified atom stereocenters. The quantitative estimate of drug-likeness (QED) is 0.174. The minimum absolute atomic E-state index is 0.269. The van der Waals surface area contributed by atoms with Crippen molar-refractivity contribution < 1.29 is 14.2 Å². The molecule has 0 spiro atoms. The summed E-state index contributed by atoms with van der Waals surface area (Å²) >= 11 is 0. The van der Waals surface area contributed by atoms with Crippen LogP contribution in [-0.4, -0.2) is 19.5 Å². The van der Waals surface area contributed by atoms with E-state index in [0.717, 1.165) is 50.5 Å². The van der Waals surface area contributed by atoms with Crippen LogP contribution in [0.3, 0.4) is 0 Å². The number of aromatic nitrogens is 4. The van der Waals surface area contributed by atoms with E-state index in [-0.39, 0.29) is 16.8 Å². The van der Waals surface area contributed by atoms with Gasteiger partial charge in [-0.1, -0.05) is 90.1 Å². The number of rotatable bonds is 7. The van der Waals surface area contributed by atoms with E-state index in [1.807, 2.05) is 97.1 Å². The Morgan fingerprint density at radius 3 is 1.40 bits per heavy atom. The Labute approximate surface area is 280 Å². The van der Waals surface area contributed by atoms with Crippen molar-refractivity contribution in [2.24, 2.45) is 0 Å². The standard InChI is InChI=1S/C41H38N4O3/c1-40(2,3)37-42-38(41(4,5)6)44-39(43-37)48-36-20-14-13-19-35(36)45-33-23-21-29(46-27-15-9-7-10-16-27)25-31(33)32-26-30(22-24-34(32)45)47-28-17-11-8-12-18-28/h7-26H,1-6H3. The SMILES string of the molecule is CC(C)(C)c1nc(Oc2ccccc2-n2c3ccc(Oc4ccccc4)cc3c3cc(Oc4ccccc4)ccc32)nc(C(C)(C)C)n1.